The molecule has 1 atom stereocenters. The molecule has 2 amide bonds. The largest absolute Gasteiger partial charge is 0.357 e. The Kier molecular flexibility index (Phi) is 6.89. The van der Waals surface area contributed by atoms with Crippen molar-refractivity contribution >= 4 is 34.2 Å². The molecule has 3 aromatic rings. The molecule has 0 aliphatic heterocycles. The number of halogens is 1. The number of benzene rings is 3. The molecule has 0 spiro atoms. The van der Waals surface area contributed by atoms with Gasteiger partial charge >= 0.3 is 0 Å². The van der Waals surface area contributed by atoms with Crippen LogP contribution < -0.4 is 5.32 Å². The maximum atomic E-state index is 13.1. The van der Waals surface area contributed by atoms with Crippen LogP contribution in [0.2, 0.25) is 5.02 Å². The Hall–Kier alpha value is -2.85. The fraction of sp³-hybridized carbons (Fsp3) is 0.250. The number of likely N-dealkylation sites (N-methyl/N-ethyl adjacent to an activating group) is 1. The van der Waals surface area contributed by atoms with Gasteiger partial charge in [-0.05, 0) is 47.4 Å². The molecule has 0 bridgehead atoms. The highest BCUT2D eigenvalue weighted by molar-refractivity contribution is 6.30. The lowest BCUT2D eigenvalue weighted by molar-refractivity contribution is -0.140. The summed E-state index contributed by atoms with van der Waals surface area (Å²) in [5.74, 6) is -0.235. The van der Waals surface area contributed by atoms with Crippen molar-refractivity contribution in [3.05, 3.63) is 82.9 Å². The van der Waals surface area contributed by atoms with E-state index in [0.29, 0.717) is 24.4 Å². The second-order valence-corrected chi connectivity index (χ2v) is 7.51. The average molecular weight is 409 g/mol. The first-order valence-electron chi connectivity index (χ1n) is 9.71. The van der Waals surface area contributed by atoms with E-state index in [1.54, 1.807) is 31.0 Å². The third kappa shape index (κ3) is 5.15. The molecule has 0 saturated heterocycles. The van der Waals surface area contributed by atoms with Gasteiger partial charge in [0.05, 0.1) is 0 Å². The fourth-order valence-corrected chi connectivity index (χ4v) is 3.60. The van der Waals surface area contributed by atoms with Crippen LogP contribution in [0.15, 0.2) is 66.7 Å². The highest BCUT2D eigenvalue weighted by Gasteiger charge is 2.25. The van der Waals surface area contributed by atoms with Crippen LogP contribution in [-0.2, 0) is 22.6 Å². The number of aryl methyl sites for hydroxylation is 1. The molecule has 0 radical (unpaired) electrons. The predicted molar refractivity (Wildman–Crippen MR) is 118 cm³/mol. The number of carbonyl (C=O) groups excluding carboxylic acids is 2. The monoisotopic (exact) mass is 408 g/mol. The van der Waals surface area contributed by atoms with Crippen molar-refractivity contribution in [1.29, 1.82) is 0 Å². The average Bonchev–Trinajstić information content (AvgIpc) is 2.76. The van der Waals surface area contributed by atoms with Crippen molar-refractivity contribution in [3.63, 3.8) is 0 Å². The second-order valence-electron chi connectivity index (χ2n) is 7.08. The number of hydrogen-bond acceptors (Lipinski definition) is 2. The van der Waals surface area contributed by atoms with Crippen LogP contribution in [0.5, 0.6) is 0 Å². The van der Waals surface area contributed by atoms with Crippen LogP contribution in [0, 0.1) is 0 Å². The zero-order chi connectivity index (χ0) is 20.8. The van der Waals surface area contributed by atoms with Gasteiger partial charge in [0.15, 0.2) is 0 Å². The molecule has 0 aromatic heterocycles. The third-order valence-corrected chi connectivity index (χ3v) is 5.42. The van der Waals surface area contributed by atoms with Gasteiger partial charge < -0.3 is 10.2 Å². The molecule has 29 heavy (non-hydrogen) atoms. The summed E-state index contributed by atoms with van der Waals surface area (Å²) in [5.41, 5.74) is 2.07. The van der Waals surface area contributed by atoms with E-state index < -0.39 is 6.04 Å². The summed E-state index contributed by atoms with van der Waals surface area (Å²) in [6, 6.07) is 21.1. The van der Waals surface area contributed by atoms with Gasteiger partial charge in [-0.1, -0.05) is 66.2 Å². The van der Waals surface area contributed by atoms with Crippen LogP contribution in [0.1, 0.15) is 24.5 Å². The van der Waals surface area contributed by atoms with Gasteiger partial charge in [-0.15, -0.1) is 0 Å². The molecule has 0 aliphatic carbocycles. The van der Waals surface area contributed by atoms with Crippen molar-refractivity contribution in [2.75, 3.05) is 7.05 Å². The SMILES string of the molecule is CNC(=O)[C@H](C)N(Cc1ccc(Cl)cc1)C(=O)CCc1cccc2ccccc12. The molecule has 4 nitrogen and oxygen atoms in total. The van der Waals surface area contributed by atoms with E-state index in [-0.39, 0.29) is 11.8 Å². The Morgan fingerprint density at radius 1 is 1.00 bits per heavy atom. The number of amides is 2. The van der Waals surface area contributed by atoms with E-state index in [1.807, 2.05) is 30.3 Å². The number of nitrogens with one attached hydrogen (secondary N) is 1. The summed E-state index contributed by atoms with van der Waals surface area (Å²) in [5, 5.41) is 5.60. The zero-order valence-corrected chi connectivity index (χ0v) is 17.4. The molecule has 5 heteroatoms. The van der Waals surface area contributed by atoms with Crippen LogP contribution in [0.4, 0.5) is 0 Å². The zero-order valence-electron chi connectivity index (χ0n) is 16.7. The summed E-state index contributed by atoms with van der Waals surface area (Å²) < 4.78 is 0. The number of rotatable bonds is 7. The molecule has 0 aliphatic rings. The first-order chi connectivity index (χ1) is 14.0. The quantitative estimate of drug-likeness (QED) is 0.621. The fourth-order valence-electron chi connectivity index (χ4n) is 3.47. The smallest absolute Gasteiger partial charge is 0.242 e. The van der Waals surface area contributed by atoms with E-state index in [1.165, 1.54) is 0 Å². The van der Waals surface area contributed by atoms with Gasteiger partial charge in [-0.2, -0.15) is 0 Å². The molecular formula is C24H25ClN2O2. The van der Waals surface area contributed by atoms with E-state index in [4.69, 9.17) is 11.6 Å². The van der Waals surface area contributed by atoms with E-state index in [2.05, 4.69) is 29.6 Å². The van der Waals surface area contributed by atoms with Crippen LogP contribution in [0.3, 0.4) is 0 Å². The molecule has 0 unspecified atom stereocenters. The normalized spacial score (nSPS) is 11.8. The van der Waals surface area contributed by atoms with Crippen LogP contribution in [-0.4, -0.2) is 29.8 Å². The van der Waals surface area contributed by atoms with Gasteiger partial charge in [-0.3, -0.25) is 9.59 Å². The molecular weight excluding hydrogens is 384 g/mol. The minimum atomic E-state index is -0.560. The maximum Gasteiger partial charge on any atom is 0.242 e. The minimum Gasteiger partial charge on any atom is -0.357 e. The van der Waals surface area contributed by atoms with Crippen molar-refractivity contribution in [3.8, 4) is 0 Å². The Morgan fingerprint density at radius 2 is 1.69 bits per heavy atom. The van der Waals surface area contributed by atoms with E-state index >= 15 is 0 Å². The summed E-state index contributed by atoms with van der Waals surface area (Å²) in [4.78, 5) is 27.0. The Bertz CT molecular complexity index is 996. The third-order valence-electron chi connectivity index (χ3n) is 5.17. The lowest BCUT2D eigenvalue weighted by atomic mass is 10.0. The Balaban J connectivity index is 1.78. The topological polar surface area (TPSA) is 49.4 Å². The highest BCUT2D eigenvalue weighted by Crippen LogP contribution is 2.21. The van der Waals surface area contributed by atoms with Crippen molar-refractivity contribution in [2.45, 2.75) is 32.4 Å². The van der Waals surface area contributed by atoms with Gasteiger partial charge in [0, 0.05) is 25.0 Å². The number of hydrogen-bond donors (Lipinski definition) is 1. The Morgan fingerprint density at radius 3 is 2.41 bits per heavy atom. The van der Waals surface area contributed by atoms with Crippen LogP contribution >= 0.6 is 11.6 Å². The van der Waals surface area contributed by atoms with Crippen molar-refractivity contribution in [1.82, 2.24) is 10.2 Å². The summed E-state index contributed by atoms with van der Waals surface area (Å²) in [6.45, 7) is 2.12. The second kappa shape index (κ2) is 9.57. The van der Waals surface area contributed by atoms with Crippen LogP contribution in [0.25, 0.3) is 10.8 Å². The molecule has 0 heterocycles. The summed E-state index contributed by atoms with van der Waals surface area (Å²) in [7, 11) is 1.58. The first-order valence-corrected chi connectivity index (χ1v) is 10.1. The minimum absolute atomic E-state index is 0.0519. The molecule has 0 fully saturated rings. The van der Waals surface area contributed by atoms with Gasteiger partial charge in [0.2, 0.25) is 11.8 Å². The molecule has 150 valence electrons. The van der Waals surface area contributed by atoms with E-state index in [0.717, 1.165) is 21.9 Å². The van der Waals surface area contributed by atoms with Crippen molar-refractivity contribution in [2.24, 2.45) is 0 Å². The Labute approximate surface area is 176 Å². The highest BCUT2D eigenvalue weighted by atomic mass is 35.5. The summed E-state index contributed by atoms with van der Waals surface area (Å²) >= 11 is 5.97. The van der Waals surface area contributed by atoms with Gasteiger partial charge in [0.1, 0.15) is 6.04 Å². The van der Waals surface area contributed by atoms with Gasteiger partial charge in [-0.25, -0.2) is 0 Å². The summed E-state index contributed by atoms with van der Waals surface area (Å²) in [6.07, 6.45) is 0.959. The van der Waals surface area contributed by atoms with E-state index in [9.17, 15) is 9.59 Å². The number of carbonyl (C=O) groups is 2. The first kappa shape index (κ1) is 20.9. The lowest BCUT2D eigenvalue weighted by Crippen LogP contribution is -2.46. The number of fused-ring (bicyclic) bond motifs is 1. The lowest BCUT2D eigenvalue weighted by Gasteiger charge is -2.28. The van der Waals surface area contributed by atoms with Gasteiger partial charge in [0.25, 0.3) is 0 Å². The number of nitrogens with zero attached hydrogens (tertiary/aromatic N) is 1. The maximum absolute atomic E-state index is 13.1. The van der Waals surface area contributed by atoms with Crippen molar-refractivity contribution < 1.29 is 9.59 Å². The molecule has 0 saturated carbocycles. The molecule has 1 N–H and O–H groups in total. The molecule has 3 rings (SSSR count). The predicted octanol–water partition coefficient (Wildman–Crippen LogP) is 4.59. The standard InChI is InChI=1S/C24H25ClN2O2/c1-17(24(29)26-2)27(16-18-10-13-21(25)14-11-18)23(28)15-12-20-8-5-7-19-6-3-4-9-22(19)20/h3-11,13-14,17H,12,15-16H2,1-2H3,(H,26,29)/t17-/m0/s1. The molecule has 3 aromatic carbocycles.